The number of hydrogen-bond acceptors (Lipinski definition) is 5. The molecule has 0 amide bonds. The molecule has 2 rings (SSSR count). The van der Waals surface area contributed by atoms with Crippen LogP contribution in [0, 0.1) is 12.3 Å². The minimum absolute atomic E-state index is 0.508. The highest BCUT2D eigenvalue weighted by molar-refractivity contribution is 7.99. The van der Waals surface area contributed by atoms with E-state index in [-0.39, 0.29) is 0 Å². The monoisotopic (exact) mass is 262 g/mol. The van der Waals surface area contributed by atoms with Gasteiger partial charge in [-0.05, 0) is 18.4 Å². The molecule has 0 saturated heterocycles. The molecule has 0 unspecified atom stereocenters. The van der Waals surface area contributed by atoms with Crippen LogP contribution in [0.1, 0.15) is 0 Å². The maximum absolute atomic E-state index is 5.55. The summed E-state index contributed by atoms with van der Waals surface area (Å²) in [7, 11) is 0. The van der Waals surface area contributed by atoms with E-state index in [1.165, 1.54) is 11.8 Å². The molecule has 1 aromatic heterocycles. The first-order valence-corrected chi connectivity index (χ1v) is 7.09. The van der Waals surface area contributed by atoms with Gasteiger partial charge in [-0.15, -0.1) is 28.4 Å². The van der Waals surface area contributed by atoms with Crippen molar-refractivity contribution in [3.05, 3.63) is 24.3 Å². The molecule has 17 heavy (non-hydrogen) atoms. The largest absolute Gasteiger partial charge is 0.411 e. The Kier molecular flexibility index (Phi) is 4.13. The molecule has 0 atom stereocenters. The second-order valence-electron chi connectivity index (χ2n) is 3.07. The molecule has 86 valence electrons. The molecule has 0 bridgehead atoms. The third-order valence-corrected chi connectivity index (χ3v) is 3.54. The SMILES string of the molecule is C#CCSc1nnc(-c2ccccc2SC)o1. The van der Waals surface area contributed by atoms with E-state index in [0.29, 0.717) is 16.9 Å². The van der Waals surface area contributed by atoms with E-state index >= 15 is 0 Å². The Bertz CT molecular complexity index is 545. The summed E-state index contributed by atoms with van der Waals surface area (Å²) in [6.45, 7) is 0. The topological polar surface area (TPSA) is 38.9 Å². The van der Waals surface area contributed by atoms with Gasteiger partial charge >= 0.3 is 0 Å². The fourth-order valence-corrected chi connectivity index (χ4v) is 2.33. The van der Waals surface area contributed by atoms with E-state index in [1.807, 2.05) is 30.5 Å². The van der Waals surface area contributed by atoms with Crippen molar-refractivity contribution in [3.63, 3.8) is 0 Å². The van der Waals surface area contributed by atoms with Crippen molar-refractivity contribution < 1.29 is 4.42 Å². The number of nitrogens with zero attached hydrogens (tertiary/aromatic N) is 2. The maximum Gasteiger partial charge on any atom is 0.277 e. The smallest absolute Gasteiger partial charge is 0.277 e. The first-order valence-electron chi connectivity index (χ1n) is 4.88. The summed E-state index contributed by atoms with van der Waals surface area (Å²) < 4.78 is 5.55. The summed E-state index contributed by atoms with van der Waals surface area (Å²) in [6, 6.07) is 7.93. The lowest BCUT2D eigenvalue weighted by Gasteiger charge is -2.01. The molecule has 0 radical (unpaired) electrons. The van der Waals surface area contributed by atoms with Crippen LogP contribution in [0.4, 0.5) is 0 Å². The summed E-state index contributed by atoms with van der Waals surface area (Å²) in [4.78, 5) is 1.12. The predicted octanol–water partition coefficient (Wildman–Crippen LogP) is 3.18. The van der Waals surface area contributed by atoms with Gasteiger partial charge in [0, 0.05) is 4.90 Å². The third kappa shape index (κ3) is 2.84. The molecule has 3 nitrogen and oxygen atoms in total. The summed E-state index contributed by atoms with van der Waals surface area (Å²) in [5.41, 5.74) is 0.958. The summed E-state index contributed by atoms with van der Waals surface area (Å²) in [6.07, 6.45) is 7.19. The average Bonchev–Trinajstić information content (AvgIpc) is 2.85. The highest BCUT2D eigenvalue weighted by atomic mass is 32.2. The highest BCUT2D eigenvalue weighted by Crippen LogP contribution is 2.30. The van der Waals surface area contributed by atoms with Gasteiger partial charge in [0.1, 0.15) is 0 Å². The Labute approximate surface area is 108 Å². The van der Waals surface area contributed by atoms with Crippen molar-refractivity contribution in [2.45, 2.75) is 10.1 Å². The molecular weight excluding hydrogens is 252 g/mol. The van der Waals surface area contributed by atoms with Crippen molar-refractivity contribution >= 4 is 23.5 Å². The van der Waals surface area contributed by atoms with Crippen molar-refractivity contribution in [1.82, 2.24) is 10.2 Å². The Hall–Kier alpha value is -1.38. The Morgan fingerprint density at radius 1 is 1.35 bits per heavy atom. The van der Waals surface area contributed by atoms with E-state index in [2.05, 4.69) is 16.1 Å². The number of rotatable bonds is 4. The summed E-state index contributed by atoms with van der Waals surface area (Å²) in [5, 5.41) is 8.48. The fourth-order valence-electron chi connectivity index (χ4n) is 1.30. The van der Waals surface area contributed by atoms with Crippen LogP contribution < -0.4 is 0 Å². The van der Waals surface area contributed by atoms with Crippen LogP contribution in [0.15, 0.2) is 38.8 Å². The second-order valence-corrected chi connectivity index (χ2v) is 4.84. The molecule has 0 aliphatic heterocycles. The lowest BCUT2D eigenvalue weighted by molar-refractivity contribution is 0.465. The molecule has 0 aliphatic rings. The average molecular weight is 262 g/mol. The van der Waals surface area contributed by atoms with Crippen molar-refractivity contribution in [1.29, 1.82) is 0 Å². The van der Waals surface area contributed by atoms with E-state index in [9.17, 15) is 0 Å². The van der Waals surface area contributed by atoms with Crippen LogP contribution in [-0.4, -0.2) is 22.2 Å². The first-order chi connectivity index (χ1) is 8.35. The van der Waals surface area contributed by atoms with Gasteiger partial charge in [-0.3, -0.25) is 0 Å². The lowest BCUT2D eigenvalue weighted by Crippen LogP contribution is -1.81. The Morgan fingerprint density at radius 2 is 2.18 bits per heavy atom. The van der Waals surface area contributed by atoms with Crippen LogP contribution >= 0.6 is 23.5 Å². The molecule has 2 aromatic rings. The molecule has 5 heteroatoms. The van der Waals surface area contributed by atoms with Gasteiger partial charge in [0.05, 0.1) is 11.3 Å². The van der Waals surface area contributed by atoms with Crippen LogP contribution in [0.2, 0.25) is 0 Å². The number of benzene rings is 1. The van der Waals surface area contributed by atoms with Crippen molar-refractivity contribution in [3.8, 4) is 23.8 Å². The first kappa shape index (κ1) is 12.1. The van der Waals surface area contributed by atoms with E-state index in [4.69, 9.17) is 10.8 Å². The van der Waals surface area contributed by atoms with Gasteiger partial charge in [0.2, 0.25) is 5.89 Å². The second kappa shape index (κ2) is 5.80. The molecule has 0 spiro atoms. The number of thioether (sulfide) groups is 2. The third-order valence-electron chi connectivity index (χ3n) is 2.02. The van der Waals surface area contributed by atoms with Gasteiger partial charge in [-0.1, -0.05) is 29.8 Å². The molecule has 0 fully saturated rings. The Morgan fingerprint density at radius 3 is 2.94 bits per heavy atom. The quantitative estimate of drug-likeness (QED) is 0.625. The van der Waals surface area contributed by atoms with Crippen LogP contribution in [0.25, 0.3) is 11.5 Å². The zero-order valence-corrected chi connectivity index (χ0v) is 10.8. The van der Waals surface area contributed by atoms with E-state index in [1.54, 1.807) is 11.8 Å². The summed E-state index contributed by atoms with van der Waals surface area (Å²) in [5.74, 6) is 3.59. The van der Waals surface area contributed by atoms with Gasteiger partial charge in [0.15, 0.2) is 0 Å². The zero-order chi connectivity index (χ0) is 12.1. The van der Waals surface area contributed by atoms with Gasteiger partial charge in [-0.2, -0.15) is 0 Å². The molecule has 0 N–H and O–H groups in total. The van der Waals surface area contributed by atoms with Crippen LogP contribution in [-0.2, 0) is 0 Å². The maximum atomic E-state index is 5.55. The molecule has 1 aromatic carbocycles. The molecule has 1 heterocycles. The van der Waals surface area contributed by atoms with Crippen molar-refractivity contribution in [2.24, 2.45) is 0 Å². The van der Waals surface area contributed by atoms with E-state index < -0.39 is 0 Å². The summed E-state index contributed by atoms with van der Waals surface area (Å²) >= 11 is 3.02. The minimum Gasteiger partial charge on any atom is -0.411 e. The van der Waals surface area contributed by atoms with Gasteiger partial charge < -0.3 is 4.42 Å². The normalized spacial score (nSPS) is 10.1. The molecule has 0 aliphatic carbocycles. The minimum atomic E-state index is 0.508. The molecular formula is C12H10N2OS2. The van der Waals surface area contributed by atoms with Gasteiger partial charge in [0.25, 0.3) is 5.22 Å². The zero-order valence-electron chi connectivity index (χ0n) is 9.21. The standard InChI is InChI=1S/C12H10N2OS2/c1-3-8-17-12-14-13-11(15-12)9-6-4-5-7-10(9)16-2/h1,4-7H,8H2,2H3. The van der Waals surface area contributed by atoms with E-state index in [0.717, 1.165) is 10.5 Å². The van der Waals surface area contributed by atoms with Gasteiger partial charge in [-0.25, -0.2) is 0 Å². The molecule has 0 saturated carbocycles. The number of aromatic nitrogens is 2. The highest BCUT2D eigenvalue weighted by Gasteiger charge is 2.11. The lowest BCUT2D eigenvalue weighted by atomic mass is 10.2. The Balaban J connectivity index is 2.28. The number of hydrogen-bond donors (Lipinski definition) is 0. The fraction of sp³-hybridized carbons (Fsp3) is 0.167. The van der Waals surface area contributed by atoms with Crippen LogP contribution in [0.5, 0.6) is 0 Å². The van der Waals surface area contributed by atoms with Crippen molar-refractivity contribution in [2.75, 3.05) is 12.0 Å². The number of terminal acetylenes is 1. The predicted molar refractivity (Wildman–Crippen MR) is 71.1 cm³/mol. The van der Waals surface area contributed by atoms with Crippen LogP contribution in [0.3, 0.4) is 0 Å².